The summed E-state index contributed by atoms with van der Waals surface area (Å²) in [4.78, 5) is 15.7. The molecule has 1 fully saturated rings. The molecule has 1 saturated carbocycles. The van der Waals surface area contributed by atoms with E-state index in [0.29, 0.717) is 30.7 Å². The van der Waals surface area contributed by atoms with E-state index < -0.39 is 40.6 Å². The van der Waals surface area contributed by atoms with E-state index in [2.05, 4.69) is 15.6 Å². The molecule has 0 unspecified atom stereocenters. The van der Waals surface area contributed by atoms with Crippen molar-refractivity contribution in [3.8, 4) is 0 Å². The van der Waals surface area contributed by atoms with Gasteiger partial charge in [-0.2, -0.15) is 26.3 Å². The number of benzene rings is 1. The predicted octanol–water partition coefficient (Wildman–Crippen LogP) is 5.06. The van der Waals surface area contributed by atoms with Crippen molar-refractivity contribution in [2.45, 2.75) is 37.3 Å². The molecule has 0 bridgehead atoms. The highest BCUT2D eigenvalue weighted by Crippen LogP contribution is 2.40. The Hall–Kier alpha value is -2.82. The molecule has 1 heterocycles. The molecule has 0 saturated heterocycles. The summed E-state index contributed by atoms with van der Waals surface area (Å²) in [6, 6.07) is 4.16. The lowest BCUT2D eigenvalue weighted by Gasteiger charge is -2.18. The third-order valence-electron chi connectivity index (χ3n) is 4.37. The molecular weight excluding hydrogens is 402 g/mol. The zero-order valence-electron chi connectivity index (χ0n) is 14.7. The molecule has 0 radical (unpaired) electrons. The largest absolute Gasteiger partial charge is 0.664 e. The molecule has 156 valence electrons. The van der Waals surface area contributed by atoms with Gasteiger partial charge >= 0.3 is 12.4 Å². The van der Waals surface area contributed by atoms with Crippen molar-refractivity contribution in [2.24, 2.45) is 0 Å². The average molecular weight is 417 g/mol. The van der Waals surface area contributed by atoms with E-state index >= 15 is 0 Å². The first-order chi connectivity index (χ1) is 13.4. The van der Waals surface area contributed by atoms with Crippen molar-refractivity contribution in [1.82, 2.24) is 10.3 Å². The van der Waals surface area contributed by atoms with E-state index in [9.17, 15) is 31.1 Å². The minimum atomic E-state index is -4.99. The predicted molar refractivity (Wildman–Crippen MR) is 92.1 cm³/mol. The van der Waals surface area contributed by atoms with Crippen molar-refractivity contribution >= 4 is 17.3 Å². The first kappa shape index (κ1) is 20.9. The van der Waals surface area contributed by atoms with Crippen LogP contribution in [0.25, 0.3) is 5.73 Å². The number of hydrogen-bond donors (Lipinski definition) is 2. The van der Waals surface area contributed by atoms with Crippen LogP contribution in [0.2, 0.25) is 0 Å². The summed E-state index contributed by atoms with van der Waals surface area (Å²) >= 11 is 0. The number of aromatic nitrogens is 1. The number of nitrogens with one attached hydrogen (secondary N) is 3. The summed E-state index contributed by atoms with van der Waals surface area (Å²) in [5.41, 5.74) is 3.76. The maximum Gasteiger partial charge on any atom is 0.418 e. The zero-order valence-corrected chi connectivity index (χ0v) is 14.7. The fraction of sp³-hybridized carbons (Fsp3) is 0.333. The molecule has 2 aromatic rings. The van der Waals surface area contributed by atoms with Gasteiger partial charge in [0.1, 0.15) is 0 Å². The Bertz CT molecular complexity index is 904. The van der Waals surface area contributed by atoms with E-state index in [1.165, 1.54) is 18.3 Å². The fourth-order valence-electron chi connectivity index (χ4n) is 2.51. The van der Waals surface area contributed by atoms with Gasteiger partial charge in [0, 0.05) is 0 Å². The van der Waals surface area contributed by atoms with E-state index in [1.54, 1.807) is 0 Å². The SMILES string of the molecule is [NH-]C1(C(=O)NCc2ccc(Nc3ccc(C(F)(F)F)cc3C(F)(F)F)cn2)CC1. The van der Waals surface area contributed by atoms with Crippen molar-refractivity contribution in [3.05, 3.63) is 59.1 Å². The zero-order chi connectivity index (χ0) is 21.4. The van der Waals surface area contributed by atoms with Gasteiger partial charge in [0.25, 0.3) is 0 Å². The summed E-state index contributed by atoms with van der Waals surface area (Å²) < 4.78 is 77.7. The number of pyridine rings is 1. The van der Waals surface area contributed by atoms with Crippen LogP contribution in [0.1, 0.15) is 29.7 Å². The van der Waals surface area contributed by atoms with Crippen molar-refractivity contribution in [1.29, 1.82) is 0 Å². The molecule has 1 aromatic heterocycles. The van der Waals surface area contributed by atoms with E-state index in [4.69, 9.17) is 5.73 Å². The van der Waals surface area contributed by atoms with Crippen LogP contribution in [-0.4, -0.2) is 16.4 Å². The summed E-state index contributed by atoms with van der Waals surface area (Å²) in [6.45, 7) is 0.0494. The van der Waals surface area contributed by atoms with Gasteiger partial charge in [-0.25, -0.2) is 0 Å². The summed E-state index contributed by atoms with van der Waals surface area (Å²) in [5, 5.41) is 4.97. The molecule has 0 spiro atoms. The third-order valence-corrected chi connectivity index (χ3v) is 4.37. The lowest BCUT2D eigenvalue weighted by molar-refractivity contribution is -0.142. The van der Waals surface area contributed by atoms with Crippen LogP contribution in [0.5, 0.6) is 0 Å². The first-order valence-electron chi connectivity index (χ1n) is 8.42. The van der Waals surface area contributed by atoms with Crippen LogP contribution < -0.4 is 10.6 Å². The minimum Gasteiger partial charge on any atom is -0.664 e. The Labute approximate surface area is 161 Å². The Morgan fingerprint density at radius 2 is 1.76 bits per heavy atom. The quantitative estimate of drug-likeness (QED) is 0.668. The number of amides is 1. The number of rotatable bonds is 5. The molecule has 1 aromatic carbocycles. The van der Waals surface area contributed by atoms with Crippen molar-refractivity contribution in [2.75, 3.05) is 5.32 Å². The molecule has 5 nitrogen and oxygen atoms in total. The molecule has 1 amide bonds. The van der Waals surface area contributed by atoms with Crippen LogP contribution in [0, 0.1) is 0 Å². The van der Waals surface area contributed by atoms with Gasteiger partial charge in [-0.1, -0.05) is 12.8 Å². The van der Waals surface area contributed by atoms with E-state index in [1.807, 2.05) is 0 Å². The molecule has 1 aliphatic carbocycles. The second-order valence-electron chi connectivity index (χ2n) is 6.68. The Balaban J connectivity index is 1.73. The van der Waals surface area contributed by atoms with Gasteiger partial charge in [-0.05, 0) is 35.9 Å². The summed E-state index contributed by atoms with van der Waals surface area (Å²) in [5.74, 6) is -0.416. The van der Waals surface area contributed by atoms with Crippen LogP contribution in [0.3, 0.4) is 0 Å². The number of nitrogens with zero attached hydrogens (tertiary/aromatic N) is 1. The lowest BCUT2D eigenvalue weighted by Crippen LogP contribution is -2.33. The Morgan fingerprint density at radius 3 is 2.28 bits per heavy atom. The molecule has 1 aliphatic rings. The van der Waals surface area contributed by atoms with E-state index in [0.717, 1.165) is 0 Å². The monoisotopic (exact) mass is 417 g/mol. The highest BCUT2D eigenvalue weighted by Gasteiger charge is 2.38. The number of alkyl halides is 6. The minimum absolute atomic E-state index is 0.0494. The normalized spacial score (nSPS) is 15.7. The van der Waals surface area contributed by atoms with Crippen molar-refractivity contribution < 1.29 is 31.1 Å². The summed E-state index contributed by atoms with van der Waals surface area (Å²) in [7, 11) is 0. The molecular formula is C18H15F6N4O-. The van der Waals surface area contributed by atoms with Crippen molar-refractivity contribution in [3.63, 3.8) is 0 Å². The number of halogens is 6. The molecule has 3 N–H and O–H groups in total. The second-order valence-corrected chi connectivity index (χ2v) is 6.68. The second kappa shape index (κ2) is 7.21. The smallest absolute Gasteiger partial charge is 0.418 e. The highest BCUT2D eigenvalue weighted by atomic mass is 19.4. The first-order valence-corrected chi connectivity index (χ1v) is 8.42. The topological polar surface area (TPSA) is 77.8 Å². The third kappa shape index (κ3) is 4.97. The Kier molecular flexibility index (Phi) is 5.20. The molecule has 0 atom stereocenters. The lowest BCUT2D eigenvalue weighted by atomic mass is 10.1. The van der Waals surface area contributed by atoms with Crippen LogP contribution in [-0.2, 0) is 23.7 Å². The van der Waals surface area contributed by atoms with Gasteiger partial charge < -0.3 is 16.4 Å². The maximum atomic E-state index is 13.2. The van der Waals surface area contributed by atoms with Crippen LogP contribution in [0.15, 0.2) is 36.5 Å². The van der Waals surface area contributed by atoms with Gasteiger partial charge in [0.05, 0.1) is 40.9 Å². The molecule has 3 rings (SSSR count). The van der Waals surface area contributed by atoms with Crippen LogP contribution >= 0.6 is 0 Å². The van der Waals surface area contributed by atoms with E-state index in [-0.39, 0.29) is 18.3 Å². The number of carbonyl (C=O) groups is 1. The summed E-state index contributed by atoms with van der Waals surface area (Å²) in [6.07, 6.45) is -7.71. The van der Waals surface area contributed by atoms with Gasteiger partial charge in [0.15, 0.2) is 0 Å². The standard InChI is InChI=1S/C18H15F6N4O/c19-17(20,21)10-1-4-14(13(7-10)18(22,23)24)28-12-3-2-11(26-9-12)8-27-15(29)16(25)5-6-16/h1-4,7,9,25,28H,5-6,8H2,(H,27,29)/q-1. The fourth-order valence-corrected chi connectivity index (χ4v) is 2.51. The highest BCUT2D eigenvalue weighted by molar-refractivity contribution is 5.90. The molecule has 0 aliphatic heterocycles. The van der Waals surface area contributed by atoms with Crippen LogP contribution in [0.4, 0.5) is 37.7 Å². The number of anilines is 2. The Morgan fingerprint density at radius 1 is 1.07 bits per heavy atom. The van der Waals surface area contributed by atoms with Gasteiger partial charge in [0.2, 0.25) is 5.91 Å². The average Bonchev–Trinajstić information content (AvgIpc) is 3.38. The van der Waals surface area contributed by atoms with Gasteiger partial charge in [-0.3, -0.25) is 9.78 Å². The number of carbonyl (C=O) groups excluding carboxylic acids is 1. The number of hydrogen-bond acceptors (Lipinski definition) is 3. The maximum absolute atomic E-state index is 13.2. The molecule has 11 heteroatoms. The molecule has 29 heavy (non-hydrogen) atoms. The van der Waals surface area contributed by atoms with Gasteiger partial charge in [-0.15, -0.1) is 0 Å².